The second kappa shape index (κ2) is 8.16. The van der Waals surface area contributed by atoms with Gasteiger partial charge < -0.3 is 5.32 Å². The number of carbonyl (C=O) groups excluding carboxylic acids is 3. The average Bonchev–Trinajstić information content (AvgIpc) is 3.00. The van der Waals surface area contributed by atoms with Gasteiger partial charge in [-0.25, -0.2) is 0 Å². The van der Waals surface area contributed by atoms with E-state index in [0.29, 0.717) is 23.7 Å². The average molecular weight is 364 g/mol. The molecule has 3 rings (SSSR count). The molecule has 1 fully saturated rings. The zero-order chi connectivity index (χ0) is 19.4. The van der Waals surface area contributed by atoms with Gasteiger partial charge in [-0.2, -0.15) is 0 Å². The van der Waals surface area contributed by atoms with E-state index in [9.17, 15) is 14.4 Å². The third-order valence-corrected chi connectivity index (χ3v) is 4.78. The Hall–Kier alpha value is -2.95. The van der Waals surface area contributed by atoms with Crippen LogP contribution in [-0.4, -0.2) is 24.3 Å². The zero-order valence-corrected chi connectivity index (χ0v) is 15.7. The van der Waals surface area contributed by atoms with Crippen molar-refractivity contribution in [2.75, 3.05) is 11.4 Å². The number of anilines is 1. The van der Waals surface area contributed by atoms with Crippen LogP contribution < -0.4 is 10.2 Å². The first kappa shape index (κ1) is 18.8. The standard InChI is InChI=1S/C22H24N2O3/c1-15(2)17-5-3-16(4-6-17)13-14-23-22(27)18-7-9-19(10-8-18)24-20(25)11-12-21(24)26/h3-10,15H,11-14H2,1-2H3,(H,23,27). The third-order valence-electron chi connectivity index (χ3n) is 4.78. The quantitative estimate of drug-likeness (QED) is 0.799. The van der Waals surface area contributed by atoms with Gasteiger partial charge in [-0.05, 0) is 47.7 Å². The lowest BCUT2D eigenvalue weighted by molar-refractivity contribution is -0.121. The van der Waals surface area contributed by atoms with Crippen molar-refractivity contribution in [3.8, 4) is 0 Å². The number of rotatable bonds is 6. The van der Waals surface area contributed by atoms with Crippen LogP contribution in [0.2, 0.25) is 0 Å². The molecule has 1 aliphatic rings. The number of hydrogen-bond acceptors (Lipinski definition) is 3. The highest BCUT2D eigenvalue weighted by molar-refractivity contribution is 6.19. The maximum atomic E-state index is 12.3. The van der Waals surface area contributed by atoms with Gasteiger partial charge in [0.25, 0.3) is 5.91 Å². The second-order valence-electron chi connectivity index (χ2n) is 7.07. The minimum atomic E-state index is -0.194. The van der Waals surface area contributed by atoms with Crippen LogP contribution in [0, 0.1) is 0 Å². The van der Waals surface area contributed by atoms with E-state index >= 15 is 0 Å². The second-order valence-corrected chi connectivity index (χ2v) is 7.07. The number of imide groups is 1. The molecule has 0 spiro atoms. The fourth-order valence-corrected chi connectivity index (χ4v) is 3.12. The van der Waals surface area contributed by atoms with Gasteiger partial charge in [0.05, 0.1) is 5.69 Å². The number of benzene rings is 2. The van der Waals surface area contributed by atoms with Gasteiger partial charge in [0, 0.05) is 24.9 Å². The van der Waals surface area contributed by atoms with Crippen molar-refractivity contribution in [2.45, 2.75) is 39.0 Å². The van der Waals surface area contributed by atoms with E-state index in [2.05, 4.69) is 43.4 Å². The van der Waals surface area contributed by atoms with Crippen LogP contribution >= 0.6 is 0 Å². The molecule has 27 heavy (non-hydrogen) atoms. The fraction of sp³-hybridized carbons (Fsp3) is 0.318. The molecule has 0 unspecified atom stereocenters. The van der Waals surface area contributed by atoms with Crippen molar-refractivity contribution >= 4 is 23.4 Å². The zero-order valence-electron chi connectivity index (χ0n) is 15.7. The minimum absolute atomic E-state index is 0.167. The van der Waals surface area contributed by atoms with E-state index in [1.165, 1.54) is 16.0 Å². The number of nitrogens with one attached hydrogen (secondary N) is 1. The molecule has 0 saturated carbocycles. The summed E-state index contributed by atoms with van der Waals surface area (Å²) in [4.78, 5) is 37.0. The molecule has 0 radical (unpaired) electrons. The first-order valence-electron chi connectivity index (χ1n) is 9.28. The smallest absolute Gasteiger partial charge is 0.251 e. The predicted octanol–water partition coefficient (Wildman–Crippen LogP) is 3.44. The van der Waals surface area contributed by atoms with Crippen molar-refractivity contribution in [1.82, 2.24) is 5.32 Å². The van der Waals surface area contributed by atoms with Crippen LogP contribution in [0.1, 0.15) is 54.1 Å². The summed E-state index contributed by atoms with van der Waals surface area (Å²) in [5.74, 6) is -0.0475. The number of hydrogen-bond donors (Lipinski definition) is 1. The van der Waals surface area contributed by atoms with E-state index in [0.717, 1.165) is 6.42 Å². The summed E-state index contributed by atoms with van der Waals surface area (Å²) in [5, 5.41) is 2.90. The topological polar surface area (TPSA) is 66.5 Å². The molecular weight excluding hydrogens is 340 g/mol. The molecule has 0 aromatic heterocycles. The summed E-state index contributed by atoms with van der Waals surface area (Å²) < 4.78 is 0. The largest absolute Gasteiger partial charge is 0.352 e. The highest BCUT2D eigenvalue weighted by Gasteiger charge is 2.30. The van der Waals surface area contributed by atoms with Crippen molar-refractivity contribution < 1.29 is 14.4 Å². The molecule has 0 atom stereocenters. The van der Waals surface area contributed by atoms with Crippen molar-refractivity contribution in [3.63, 3.8) is 0 Å². The molecule has 140 valence electrons. The van der Waals surface area contributed by atoms with E-state index in [-0.39, 0.29) is 30.6 Å². The Bertz CT molecular complexity index is 823. The van der Waals surface area contributed by atoms with Crippen LogP contribution in [0.3, 0.4) is 0 Å². The maximum absolute atomic E-state index is 12.3. The Labute approximate surface area is 159 Å². The van der Waals surface area contributed by atoms with Gasteiger partial charge >= 0.3 is 0 Å². The Kier molecular flexibility index (Phi) is 5.69. The first-order chi connectivity index (χ1) is 13.0. The molecule has 2 aromatic carbocycles. The molecule has 1 N–H and O–H groups in total. The lowest BCUT2D eigenvalue weighted by Crippen LogP contribution is -2.29. The third kappa shape index (κ3) is 4.42. The summed E-state index contributed by atoms with van der Waals surface area (Å²) in [6.07, 6.45) is 1.26. The summed E-state index contributed by atoms with van der Waals surface area (Å²) in [5.41, 5.74) is 3.51. The fourth-order valence-electron chi connectivity index (χ4n) is 3.12. The molecular formula is C22H24N2O3. The van der Waals surface area contributed by atoms with Crippen LogP contribution in [0.5, 0.6) is 0 Å². The SMILES string of the molecule is CC(C)c1ccc(CCNC(=O)c2ccc(N3C(=O)CCC3=O)cc2)cc1. The van der Waals surface area contributed by atoms with Crippen LogP contribution in [0.25, 0.3) is 0 Å². The van der Waals surface area contributed by atoms with Gasteiger partial charge in [0.2, 0.25) is 11.8 Å². The summed E-state index contributed by atoms with van der Waals surface area (Å²) in [6, 6.07) is 15.0. The Balaban J connectivity index is 1.53. The summed E-state index contributed by atoms with van der Waals surface area (Å²) in [6.45, 7) is 4.87. The van der Waals surface area contributed by atoms with E-state index in [4.69, 9.17) is 0 Å². The molecule has 3 amide bonds. The van der Waals surface area contributed by atoms with E-state index in [1.807, 2.05) is 0 Å². The molecule has 1 saturated heterocycles. The monoisotopic (exact) mass is 364 g/mol. The molecule has 0 aliphatic carbocycles. The van der Waals surface area contributed by atoms with Crippen molar-refractivity contribution in [1.29, 1.82) is 0 Å². The predicted molar refractivity (Wildman–Crippen MR) is 105 cm³/mol. The molecule has 5 heteroatoms. The van der Waals surface area contributed by atoms with Gasteiger partial charge in [-0.1, -0.05) is 38.1 Å². The van der Waals surface area contributed by atoms with Crippen molar-refractivity contribution in [2.24, 2.45) is 0 Å². The van der Waals surface area contributed by atoms with E-state index < -0.39 is 0 Å². The van der Waals surface area contributed by atoms with E-state index in [1.54, 1.807) is 24.3 Å². The van der Waals surface area contributed by atoms with Gasteiger partial charge in [-0.3, -0.25) is 19.3 Å². The highest BCUT2D eigenvalue weighted by Crippen LogP contribution is 2.22. The first-order valence-corrected chi connectivity index (χ1v) is 9.28. The van der Waals surface area contributed by atoms with Crippen LogP contribution in [-0.2, 0) is 16.0 Å². The van der Waals surface area contributed by atoms with Gasteiger partial charge in [0.1, 0.15) is 0 Å². The van der Waals surface area contributed by atoms with Crippen molar-refractivity contribution in [3.05, 3.63) is 65.2 Å². The van der Waals surface area contributed by atoms with Crippen LogP contribution in [0.4, 0.5) is 5.69 Å². The Morgan fingerprint density at radius 2 is 1.56 bits per heavy atom. The molecule has 1 aliphatic heterocycles. The lowest BCUT2D eigenvalue weighted by atomic mass is 10.0. The minimum Gasteiger partial charge on any atom is -0.352 e. The lowest BCUT2D eigenvalue weighted by Gasteiger charge is -2.14. The molecule has 2 aromatic rings. The molecule has 0 bridgehead atoms. The Morgan fingerprint density at radius 3 is 2.11 bits per heavy atom. The van der Waals surface area contributed by atoms with Gasteiger partial charge in [-0.15, -0.1) is 0 Å². The highest BCUT2D eigenvalue weighted by atomic mass is 16.2. The summed E-state index contributed by atoms with van der Waals surface area (Å²) in [7, 11) is 0. The molecule has 1 heterocycles. The van der Waals surface area contributed by atoms with Crippen LogP contribution in [0.15, 0.2) is 48.5 Å². The number of carbonyl (C=O) groups is 3. The normalized spacial score (nSPS) is 14.1. The number of nitrogens with zero attached hydrogens (tertiary/aromatic N) is 1. The van der Waals surface area contributed by atoms with Gasteiger partial charge in [0.15, 0.2) is 0 Å². The Morgan fingerprint density at radius 1 is 0.963 bits per heavy atom. The maximum Gasteiger partial charge on any atom is 0.251 e. The summed E-state index contributed by atoms with van der Waals surface area (Å²) >= 11 is 0. The number of amides is 3. The molecule has 5 nitrogen and oxygen atoms in total.